The normalized spacial score (nSPS) is 17.3. The maximum atomic E-state index is 12.3. The van der Waals surface area contributed by atoms with Crippen molar-refractivity contribution in [3.8, 4) is 0 Å². The van der Waals surface area contributed by atoms with Gasteiger partial charge in [0.2, 0.25) is 5.91 Å². The number of hydrogen-bond donors (Lipinski definition) is 1. The first kappa shape index (κ1) is 17.6. The minimum atomic E-state index is -0.0495. The number of carbonyl (C=O) groups excluding carboxylic acids is 2. The van der Waals surface area contributed by atoms with Crippen LogP contribution in [0.15, 0.2) is 30.3 Å². The van der Waals surface area contributed by atoms with E-state index in [1.165, 1.54) is 0 Å². The Bertz CT molecular complexity index is 852. The van der Waals surface area contributed by atoms with Gasteiger partial charge in [0.25, 0.3) is 0 Å². The number of nitrogens with zero attached hydrogens (tertiary/aromatic N) is 4. The maximum absolute atomic E-state index is 12.3. The van der Waals surface area contributed by atoms with Gasteiger partial charge in [-0.05, 0) is 44.0 Å². The molecule has 142 valence electrons. The molecule has 1 aromatic heterocycles. The van der Waals surface area contributed by atoms with E-state index in [-0.39, 0.29) is 18.0 Å². The summed E-state index contributed by atoms with van der Waals surface area (Å²) >= 11 is 0. The monoisotopic (exact) mass is 367 g/mol. The molecule has 2 fully saturated rings. The van der Waals surface area contributed by atoms with Gasteiger partial charge in [0.05, 0.1) is 11.7 Å². The molecule has 7 nitrogen and oxygen atoms in total. The minimum Gasteiger partial charge on any atom is -0.334 e. The molecule has 2 saturated heterocycles. The van der Waals surface area contributed by atoms with Crippen molar-refractivity contribution in [2.24, 2.45) is 0 Å². The molecule has 3 heterocycles. The summed E-state index contributed by atoms with van der Waals surface area (Å²) in [6.07, 6.45) is 1.55. The molecule has 27 heavy (non-hydrogen) atoms. The summed E-state index contributed by atoms with van der Waals surface area (Å²) < 4.78 is 2.01. The lowest BCUT2D eigenvalue weighted by molar-refractivity contribution is -0.117. The number of anilines is 1. The van der Waals surface area contributed by atoms with Crippen molar-refractivity contribution in [1.82, 2.24) is 20.0 Å². The fourth-order valence-corrected chi connectivity index (χ4v) is 3.80. The largest absolute Gasteiger partial charge is 0.334 e. The van der Waals surface area contributed by atoms with Gasteiger partial charge >= 0.3 is 6.03 Å². The fourth-order valence-electron chi connectivity index (χ4n) is 3.80. The third-order valence-corrected chi connectivity index (χ3v) is 5.31. The Morgan fingerprint density at radius 3 is 2.56 bits per heavy atom. The van der Waals surface area contributed by atoms with Gasteiger partial charge in [0.15, 0.2) is 0 Å². The average molecular weight is 367 g/mol. The van der Waals surface area contributed by atoms with Crippen LogP contribution in [-0.2, 0) is 11.3 Å². The zero-order valence-corrected chi connectivity index (χ0v) is 15.8. The number of benzene rings is 1. The fraction of sp³-hybridized carbons (Fsp3) is 0.450. The molecule has 4 rings (SSSR count). The summed E-state index contributed by atoms with van der Waals surface area (Å²) in [5.41, 5.74) is 4.10. The zero-order valence-electron chi connectivity index (χ0n) is 15.8. The molecule has 0 spiro atoms. The molecule has 1 aromatic carbocycles. The summed E-state index contributed by atoms with van der Waals surface area (Å²) in [6.45, 7) is 6.67. The second-order valence-corrected chi connectivity index (χ2v) is 7.40. The number of aryl methyl sites for hydroxylation is 2. The number of carbonyl (C=O) groups is 2. The number of likely N-dealkylation sites (tertiary alicyclic amines) is 1. The number of aromatic nitrogens is 2. The van der Waals surface area contributed by atoms with Crippen molar-refractivity contribution in [2.45, 2.75) is 39.3 Å². The SMILES string of the molecule is Cc1cc(C)n(C2CN(C(=O)NCc3ccc(N4CCCC4=O)cc3)C2)n1. The lowest BCUT2D eigenvalue weighted by Gasteiger charge is -2.39. The van der Waals surface area contributed by atoms with E-state index in [0.29, 0.717) is 26.1 Å². The lowest BCUT2D eigenvalue weighted by Crippen LogP contribution is -2.54. The van der Waals surface area contributed by atoms with Gasteiger partial charge < -0.3 is 15.1 Å². The Balaban J connectivity index is 1.26. The number of urea groups is 1. The van der Waals surface area contributed by atoms with Gasteiger partial charge in [-0.1, -0.05) is 12.1 Å². The Morgan fingerprint density at radius 1 is 1.22 bits per heavy atom. The highest BCUT2D eigenvalue weighted by Gasteiger charge is 2.33. The van der Waals surface area contributed by atoms with Crippen molar-refractivity contribution in [2.75, 3.05) is 24.5 Å². The first-order chi connectivity index (χ1) is 13.0. The van der Waals surface area contributed by atoms with E-state index in [4.69, 9.17) is 0 Å². The third kappa shape index (κ3) is 3.54. The first-order valence-electron chi connectivity index (χ1n) is 9.46. The molecular formula is C20H25N5O2. The van der Waals surface area contributed by atoms with Crippen molar-refractivity contribution < 1.29 is 9.59 Å². The molecule has 1 N–H and O–H groups in total. The maximum Gasteiger partial charge on any atom is 0.317 e. The summed E-state index contributed by atoms with van der Waals surface area (Å²) in [5, 5.41) is 7.46. The van der Waals surface area contributed by atoms with Gasteiger partial charge in [-0.15, -0.1) is 0 Å². The number of hydrogen-bond acceptors (Lipinski definition) is 3. The highest BCUT2D eigenvalue weighted by molar-refractivity contribution is 5.95. The van der Waals surface area contributed by atoms with Crippen LogP contribution in [0.2, 0.25) is 0 Å². The molecule has 2 aliphatic heterocycles. The smallest absolute Gasteiger partial charge is 0.317 e. The van der Waals surface area contributed by atoms with Crippen molar-refractivity contribution in [3.63, 3.8) is 0 Å². The number of amides is 3. The molecule has 0 bridgehead atoms. The molecule has 3 amide bonds. The van der Waals surface area contributed by atoms with Crippen LogP contribution >= 0.6 is 0 Å². The van der Waals surface area contributed by atoms with Crippen LogP contribution in [0.3, 0.4) is 0 Å². The predicted octanol–water partition coefficient (Wildman–Crippen LogP) is 2.39. The van der Waals surface area contributed by atoms with Gasteiger partial charge in [-0.25, -0.2) is 4.79 Å². The van der Waals surface area contributed by atoms with Gasteiger partial charge in [-0.3, -0.25) is 9.48 Å². The van der Waals surface area contributed by atoms with Crippen LogP contribution in [0.1, 0.15) is 35.8 Å². The summed E-state index contributed by atoms with van der Waals surface area (Å²) in [5.74, 6) is 0.186. The summed E-state index contributed by atoms with van der Waals surface area (Å²) in [7, 11) is 0. The van der Waals surface area contributed by atoms with Crippen molar-refractivity contribution in [1.29, 1.82) is 0 Å². The molecule has 0 atom stereocenters. The van der Waals surface area contributed by atoms with E-state index in [9.17, 15) is 9.59 Å². The van der Waals surface area contributed by atoms with Crippen LogP contribution in [0, 0.1) is 13.8 Å². The molecular weight excluding hydrogens is 342 g/mol. The number of nitrogens with one attached hydrogen (secondary N) is 1. The zero-order chi connectivity index (χ0) is 19.0. The summed E-state index contributed by atoms with van der Waals surface area (Å²) in [6, 6.07) is 10.1. The van der Waals surface area contributed by atoms with E-state index >= 15 is 0 Å². The predicted molar refractivity (Wildman–Crippen MR) is 103 cm³/mol. The van der Waals surface area contributed by atoms with Gasteiger partial charge in [-0.2, -0.15) is 5.10 Å². The highest BCUT2D eigenvalue weighted by Crippen LogP contribution is 2.23. The van der Waals surface area contributed by atoms with Crippen LogP contribution in [-0.4, -0.2) is 46.3 Å². The van der Waals surface area contributed by atoms with E-state index < -0.39 is 0 Å². The Hall–Kier alpha value is -2.83. The molecule has 2 aromatic rings. The van der Waals surface area contributed by atoms with E-state index in [2.05, 4.69) is 16.5 Å². The topological polar surface area (TPSA) is 70.5 Å². The Labute approximate surface area is 158 Å². The second kappa shape index (κ2) is 7.06. The second-order valence-electron chi connectivity index (χ2n) is 7.40. The van der Waals surface area contributed by atoms with E-state index in [1.54, 1.807) is 4.90 Å². The molecule has 0 saturated carbocycles. The Kier molecular flexibility index (Phi) is 4.59. The van der Waals surface area contributed by atoms with Gasteiger partial charge in [0, 0.05) is 44.0 Å². The average Bonchev–Trinajstić information content (AvgIpc) is 3.17. The van der Waals surface area contributed by atoms with E-state index in [0.717, 1.165) is 35.6 Å². The molecule has 0 radical (unpaired) electrons. The molecule has 7 heteroatoms. The quantitative estimate of drug-likeness (QED) is 0.902. The molecule has 2 aliphatic rings. The summed E-state index contributed by atoms with van der Waals surface area (Å²) in [4.78, 5) is 27.7. The van der Waals surface area contributed by atoms with Crippen LogP contribution < -0.4 is 10.2 Å². The van der Waals surface area contributed by atoms with Crippen LogP contribution in [0.5, 0.6) is 0 Å². The van der Waals surface area contributed by atoms with Crippen LogP contribution in [0.25, 0.3) is 0 Å². The standard InChI is InChI=1S/C20H25N5O2/c1-14-10-15(2)25(22-14)18-12-23(13-18)20(27)21-11-16-5-7-17(8-6-16)24-9-3-4-19(24)26/h5-8,10,18H,3-4,9,11-13H2,1-2H3,(H,21,27). The van der Waals surface area contributed by atoms with Gasteiger partial charge in [0.1, 0.15) is 0 Å². The minimum absolute atomic E-state index is 0.0495. The molecule has 0 aliphatic carbocycles. The first-order valence-corrected chi connectivity index (χ1v) is 9.46. The van der Waals surface area contributed by atoms with Crippen molar-refractivity contribution in [3.05, 3.63) is 47.3 Å². The third-order valence-electron chi connectivity index (χ3n) is 5.31. The lowest BCUT2D eigenvalue weighted by atomic mass is 10.1. The number of rotatable bonds is 4. The van der Waals surface area contributed by atoms with Crippen LogP contribution in [0.4, 0.5) is 10.5 Å². The highest BCUT2D eigenvalue weighted by atomic mass is 16.2. The van der Waals surface area contributed by atoms with E-state index in [1.807, 2.05) is 47.7 Å². The molecule has 0 unspecified atom stereocenters. The van der Waals surface area contributed by atoms with Crippen molar-refractivity contribution >= 4 is 17.6 Å². The Morgan fingerprint density at radius 2 is 1.96 bits per heavy atom.